The van der Waals surface area contributed by atoms with Crippen LogP contribution in [-0.2, 0) is 10.0 Å². The SMILES string of the molecule is O=Cc1cccc(S(=O)(=O)Nc2nccs2)c1. The van der Waals surface area contributed by atoms with Crippen molar-refractivity contribution < 1.29 is 13.2 Å². The van der Waals surface area contributed by atoms with Gasteiger partial charge < -0.3 is 0 Å². The number of aromatic nitrogens is 1. The first-order valence-electron chi connectivity index (χ1n) is 4.59. The van der Waals surface area contributed by atoms with Crippen molar-refractivity contribution in [3.05, 3.63) is 41.4 Å². The number of benzene rings is 1. The summed E-state index contributed by atoms with van der Waals surface area (Å²) < 4.78 is 26.1. The molecular formula is C10H8N2O3S2. The Morgan fingerprint density at radius 2 is 2.18 bits per heavy atom. The van der Waals surface area contributed by atoms with Crippen LogP contribution in [0.15, 0.2) is 40.7 Å². The van der Waals surface area contributed by atoms with Crippen LogP contribution in [-0.4, -0.2) is 19.7 Å². The maximum atomic E-state index is 11.9. The van der Waals surface area contributed by atoms with Crippen LogP contribution in [0.3, 0.4) is 0 Å². The molecule has 7 heteroatoms. The van der Waals surface area contributed by atoms with E-state index in [1.54, 1.807) is 5.38 Å². The average molecular weight is 268 g/mol. The van der Waals surface area contributed by atoms with Crippen LogP contribution in [0.5, 0.6) is 0 Å². The number of aldehydes is 1. The van der Waals surface area contributed by atoms with Crippen molar-refractivity contribution in [3.8, 4) is 0 Å². The number of carbonyl (C=O) groups is 1. The highest BCUT2D eigenvalue weighted by atomic mass is 32.2. The van der Waals surface area contributed by atoms with Gasteiger partial charge in [-0.15, -0.1) is 11.3 Å². The maximum absolute atomic E-state index is 11.9. The third kappa shape index (κ3) is 2.69. The van der Waals surface area contributed by atoms with Crippen molar-refractivity contribution in [1.29, 1.82) is 0 Å². The van der Waals surface area contributed by atoms with Crippen molar-refractivity contribution >= 4 is 32.8 Å². The number of hydrogen-bond acceptors (Lipinski definition) is 5. The molecule has 2 aromatic rings. The van der Waals surface area contributed by atoms with E-state index in [1.807, 2.05) is 0 Å². The summed E-state index contributed by atoms with van der Waals surface area (Å²) >= 11 is 1.18. The van der Waals surface area contributed by atoms with Crippen molar-refractivity contribution in [1.82, 2.24) is 4.98 Å². The second-order valence-electron chi connectivity index (χ2n) is 3.13. The van der Waals surface area contributed by atoms with E-state index in [4.69, 9.17) is 0 Å². The van der Waals surface area contributed by atoms with Gasteiger partial charge in [0.25, 0.3) is 10.0 Å². The van der Waals surface area contributed by atoms with Crippen LogP contribution in [0.1, 0.15) is 10.4 Å². The fourth-order valence-electron chi connectivity index (χ4n) is 1.20. The molecule has 0 atom stereocenters. The van der Waals surface area contributed by atoms with Crippen molar-refractivity contribution in [3.63, 3.8) is 0 Å². The van der Waals surface area contributed by atoms with E-state index >= 15 is 0 Å². The molecule has 5 nitrogen and oxygen atoms in total. The molecule has 17 heavy (non-hydrogen) atoms. The number of rotatable bonds is 4. The van der Waals surface area contributed by atoms with E-state index in [2.05, 4.69) is 9.71 Å². The van der Waals surface area contributed by atoms with Gasteiger partial charge in [0.1, 0.15) is 6.29 Å². The zero-order valence-corrected chi connectivity index (χ0v) is 10.2. The first-order chi connectivity index (χ1) is 8.12. The summed E-state index contributed by atoms with van der Waals surface area (Å²) in [6.07, 6.45) is 2.10. The highest BCUT2D eigenvalue weighted by Gasteiger charge is 2.15. The minimum Gasteiger partial charge on any atom is -0.298 e. The molecule has 0 amide bonds. The zero-order chi connectivity index (χ0) is 12.3. The predicted octanol–water partition coefficient (Wildman–Crippen LogP) is 1.76. The van der Waals surface area contributed by atoms with Gasteiger partial charge in [0.05, 0.1) is 4.90 Å². The molecule has 0 spiro atoms. The number of nitrogens with zero attached hydrogens (tertiary/aromatic N) is 1. The van der Waals surface area contributed by atoms with Gasteiger partial charge in [-0.25, -0.2) is 13.4 Å². The van der Waals surface area contributed by atoms with E-state index in [-0.39, 0.29) is 4.90 Å². The Balaban J connectivity index is 2.34. The lowest BCUT2D eigenvalue weighted by atomic mass is 10.2. The molecule has 0 aliphatic rings. The van der Waals surface area contributed by atoms with Crippen LogP contribution < -0.4 is 4.72 Å². The summed E-state index contributed by atoms with van der Waals surface area (Å²) in [6, 6.07) is 5.78. The van der Waals surface area contributed by atoms with Crippen molar-refractivity contribution in [2.75, 3.05) is 4.72 Å². The summed E-state index contributed by atoms with van der Waals surface area (Å²) in [6.45, 7) is 0. The van der Waals surface area contributed by atoms with Gasteiger partial charge in [0, 0.05) is 17.1 Å². The Hall–Kier alpha value is -1.73. The van der Waals surface area contributed by atoms with Gasteiger partial charge in [0.15, 0.2) is 5.13 Å². The number of hydrogen-bond donors (Lipinski definition) is 1. The molecule has 0 radical (unpaired) electrons. The predicted molar refractivity (Wildman–Crippen MR) is 64.8 cm³/mol. The van der Waals surface area contributed by atoms with Gasteiger partial charge in [-0.3, -0.25) is 9.52 Å². The van der Waals surface area contributed by atoms with Gasteiger partial charge in [0.2, 0.25) is 0 Å². The Morgan fingerprint density at radius 1 is 1.35 bits per heavy atom. The Kier molecular flexibility index (Phi) is 3.21. The molecule has 1 N–H and O–H groups in total. The second kappa shape index (κ2) is 4.64. The Morgan fingerprint density at radius 3 is 2.82 bits per heavy atom. The van der Waals surface area contributed by atoms with Crippen molar-refractivity contribution in [2.24, 2.45) is 0 Å². The zero-order valence-electron chi connectivity index (χ0n) is 8.53. The van der Waals surface area contributed by atoms with Crippen LogP contribution in [0.2, 0.25) is 0 Å². The number of thiazole rings is 1. The molecule has 88 valence electrons. The molecule has 0 aliphatic carbocycles. The molecule has 0 unspecified atom stereocenters. The number of sulfonamides is 1. The lowest BCUT2D eigenvalue weighted by molar-refractivity contribution is 0.112. The van der Waals surface area contributed by atoms with Crippen LogP contribution in [0.25, 0.3) is 0 Å². The Labute approximate surface area is 102 Å². The quantitative estimate of drug-likeness (QED) is 0.857. The minimum absolute atomic E-state index is 0.0392. The fraction of sp³-hybridized carbons (Fsp3) is 0. The molecule has 1 heterocycles. The monoisotopic (exact) mass is 268 g/mol. The molecule has 0 aliphatic heterocycles. The van der Waals surface area contributed by atoms with E-state index in [1.165, 1.54) is 41.8 Å². The van der Waals surface area contributed by atoms with E-state index in [0.29, 0.717) is 17.0 Å². The molecule has 0 saturated heterocycles. The summed E-state index contributed by atoms with van der Waals surface area (Å²) in [5, 5.41) is 1.96. The molecule has 1 aromatic carbocycles. The minimum atomic E-state index is -3.68. The summed E-state index contributed by atoms with van der Waals surface area (Å²) in [5.41, 5.74) is 0.312. The molecule has 0 fully saturated rings. The van der Waals surface area contributed by atoms with E-state index < -0.39 is 10.0 Å². The first-order valence-corrected chi connectivity index (χ1v) is 6.96. The third-order valence-electron chi connectivity index (χ3n) is 1.96. The summed E-state index contributed by atoms with van der Waals surface area (Å²) in [4.78, 5) is 14.4. The van der Waals surface area contributed by atoms with Crippen molar-refractivity contribution in [2.45, 2.75) is 4.90 Å². The maximum Gasteiger partial charge on any atom is 0.263 e. The molecule has 0 saturated carbocycles. The van der Waals surface area contributed by atoms with E-state index in [0.717, 1.165) is 0 Å². The number of nitrogens with one attached hydrogen (secondary N) is 1. The molecule has 0 bridgehead atoms. The summed E-state index contributed by atoms with van der Waals surface area (Å²) in [5.74, 6) is 0. The highest BCUT2D eigenvalue weighted by molar-refractivity contribution is 7.93. The van der Waals surface area contributed by atoms with Crippen LogP contribution >= 0.6 is 11.3 Å². The molecular weight excluding hydrogens is 260 g/mol. The molecule has 2 rings (SSSR count). The largest absolute Gasteiger partial charge is 0.298 e. The standard InChI is InChI=1S/C10H8N2O3S2/c13-7-8-2-1-3-9(6-8)17(14,15)12-10-11-4-5-16-10/h1-7H,(H,11,12). The number of carbonyl (C=O) groups excluding carboxylic acids is 1. The van der Waals surface area contributed by atoms with Gasteiger partial charge in [-0.2, -0.15) is 0 Å². The lowest BCUT2D eigenvalue weighted by Crippen LogP contribution is -2.12. The normalized spacial score (nSPS) is 11.1. The van der Waals surface area contributed by atoms with Crippen LogP contribution in [0, 0.1) is 0 Å². The van der Waals surface area contributed by atoms with E-state index in [9.17, 15) is 13.2 Å². The Bertz CT molecular complexity index is 621. The van der Waals surface area contributed by atoms with Gasteiger partial charge in [-0.05, 0) is 12.1 Å². The lowest BCUT2D eigenvalue weighted by Gasteiger charge is -2.05. The first kappa shape index (κ1) is 11.7. The highest BCUT2D eigenvalue weighted by Crippen LogP contribution is 2.18. The van der Waals surface area contributed by atoms with Gasteiger partial charge >= 0.3 is 0 Å². The average Bonchev–Trinajstić information content (AvgIpc) is 2.81. The summed E-state index contributed by atoms with van der Waals surface area (Å²) in [7, 11) is -3.68. The molecule has 1 aromatic heterocycles. The third-order valence-corrected chi connectivity index (χ3v) is 4.11. The van der Waals surface area contributed by atoms with Gasteiger partial charge in [-0.1, -0.05) is 12.1 Å². The number of anilines is 1. The van der Waals surface area contributed by atoms with Crippen LogP contribution in [0.4, 0.5) is 5.13 Å². The fourth-order valence-corrected chi connectivity index (χ4v) is 3.05. The topological polar surface area (TPSA) is 76.1 Å². The smallest absolute Gasteiger partial charge is 0.263 e. The second-order valence-corrected chi connectivity index (χ2v) is 5.71.